The van der Waals surface area contributed by atoms with Crippen LogP contribution in [0, 0.1) is 15.9 Å². The molecule has 2 aromatic rings. The zero-order valence-corrected chi connectivity index (χ0v) is 11.4. The molecule has 0 aliphatic rings. The van der Waals surface area contributed by atoms with E-state index in [1.165, 1.54) is 24.3 Å². The first-order valence-corrected chi connectivity index (χ1v) is 6.28. The van der Waals surface area contributed by atoms with E-state index in [2.05, 4.69) is 21.2 Å². The molecule has 4 nitrogen and oxygen atoms in total. The van der Waals surface area contributed by atoms with Crippen LogP contribution in [0.15, 0.2) is 46.9 Å². The Morgan fingerprint density at radius 1 is 1.21 bits per heavy atom. The molecule has 0 amide bonds. The van der Waals surface area contributed by atoms with Gasteiger partial charge < -0.3 is 5.32 Å². The molecule has 19 heavy (non-hydrogen) atoms. The monoisotopic (exact) mass is 324 g/mol. The minimum Gasteiger partial charge on any atom is -0.380 e. The van der Waals surface area contributed by atoms with Crippen molar-refractivity contribution in [2.75, 3.05) is 5.32 Å². The standard InChI is InChI=1S/C13H10BrFN2O2/c14-12-6-5-11(17(18)19)7-13(12)16-8-9-1-3-10(15)4-2-9/h1-7,16H,8H2. The smallest absolute Gasteiger partial charge is 0.271 e. The topological polar surface area (TPSA) is 55.2 Å². The van der Waals surface area contributed by atoms with Gasteiger partial charge in [0.25, 0.3) is 5.69 Å². The van der Waals surface area contributed by atoms with E-state index < -0.39 is 4.92 Å². The van der Waals surface area contributed by atoms with Crippen LogP contribution in [0.5, 0.6) is 0 Å². The molecule has 98 valence electrons. The molecule has 2 rings (SSSR count). The van der Waals surface area contributed by atoms with Crippen LogP contribution in [-0.2, 0) is 6.54 Å². The van der Waals surface area contributed by atoms with E-state index in [9.17, 15) is 14.5 Å². The van der Waals surface area contributed by atoms with Crippen molar-refractivity contribution in [3.8, 4) is 0 Å². The highest BCUT2D eigenvalue weighted by Gasteiger charge is 2.09. The summed E-state index contributed by atoms with van der Waals surface area (Å²) in [6.45, 7) is 0.458. The quantitative estimate of drug-likeness (QED) is 0.680. The summed E-state index contributed by atoms with van der Waals surface area (Å²) in [5.74, 6) is -0.291. The van der Waals surface area contributed by atoms with E-state index in [1.807, 2.05) is 0 Å². The predicted molar refractivity (Wildman–Crippen MR) is 74.5 cm³/mol. The van der Waals surface area contributed by atoms with E-state index in [4.69, 9.17) is 0 Å². The number of hydrogen-bond acceptors (Lipinski definition) is 3. The minimum atomic E-state index is -0.449. The van der Waals surface area contributed by atoms with Crippen LogP contribution in [0.4, 0.5) is 15.8 Å². The Bertz CT molecular complexity index is 602. The predicted octanol–water partition coefficient (Wildman–Crippen LogP) is 4.11. The number of nitro groups is 1. The second kappa shape index (κ2) is 5.79. The third kappa shape index (κ3) is 3.51. The summed E-state index contributed by atoms with van der Waals surface area (Å²) in [7, 11) is 0. The number of nitrogens with zero attached hydrogens (tertiary/aromatic N) is 1. The van der Waals surface area contributed by atoms with Crippen LogP contribution >= 0.6 is 15.9 Å². The highest BCUT2D eigenvalue weighted by Crippen LogP contribution is 2.27. The Kier molecular flexibility index (Phi) is 4.11. The van der Waals surface area contributed by atoms with Crippen molar-refractivity contribution in [1.82, 2.24) is 0 Å². The first-order valence-electron chi connectivity index (χ1n) is 5.48. The Morgan fingerprint density at radius 2 is 1.89 bits per heavy atom. The number of hydrogen-bond donors (Lipinski definition) is 1. The van der Waals surface area contributed by atoms with Crippen molar-refractivity contribution in [3.05, 3.63) is 68.4 Å². The average Bonchev–Trinajstić information content (AvgIpc) is 2.39. The van der Waals surface area contributed by atoms with Crippen LogP contribution in [0.3, 0.4) is 0 Å². The molecule has 0 saturated carbocycles. The van der Waals surface area contributed by atoms with E-state index >= 15 is 0 Å². The number of anilines is 1. The molecule has 0 bridgehead atoms. The second-order valence-corrected chi connectivity index (χ2v) is 4.76. The number of nitro benzene ring substituents is 1. The Hall–Kier alpha value is -1.95. The molecule has 2 aromatic carbocycles. The van der Waals surface area contributed by atoms with Gasteiger partial charge >= 0.3 is 0 Å². The SMILES string of the molecule is O=[N+]([O-])c1ccc(Br)c(NCc2ccc(F)cc2)c1. The summed E-state index contributed by atoms with van der Waals surface area (Å²) in [6, 6.07) is 10.6. The van der Waals surface area contributed by atoms with Crippen molar-refractivity contribution >= 4 is 27.3 Å². The summed E-state index contributed by atoms with van der Waals surface area (Å²) >= 11 is 3.32. The molecular formula is C13H10BrFN2O2. The van der Waals surface area contributed by atoms with Crippen molar-refractivity contribution in [3.63, 3.8) is 0 Å². The molecule has 0 aliphatic heterocycles. The summed E-state index contributed by atoms with van der Waals surface area (Å²) in [5.41, 5.74) is 1.53. The molecule has 0 saturated heterocycles. The molecule has 0 atom stereocenters. The lowest BCUT2D eigenvalue weighted by Crippen LogP contribution is -2.01. The number of halogens is 2. The molecule has 0 heterocycles. The lowest BCUT2D eigenvalue weighted by atomic mass is 10.2. The highest BCUT2D eigenvalue weighted by molar-refractivity contribution is 9.10. The highest BCUT2D eigenvalue weighted by atomic mass is 79.9. The van der Waals surface area contributed by atoms with Crippen LogP contribution in [-0.4, -0.2) is 4.92 Å². The van der Waals surface area contributed by atoms with Gasteiger partial charge in [-0.3, -0.25) is 10.1 Å². The largest absolute Gasteiger partial charge is 0.380 e. The Morgan fingerprint density at radius 3 is 2.53 bits per heavy atom. The fourth-order valence-corrected chi connectivity index (χ4v) is 1.95. The Balaban J connectivity index is 2.12. The number of benzene rings is 2. The molecule has 0 unspecified atom stereocenters. The van der Waals surface area contributed by atoms with Gasteiger partial charge in [0.1, 0.15) is 5.82 Å². The van der Waals surface area contributed by atoms with Gasteiger partial charge in [-0.25, -0.2) is 4.39 Å². The number of rotatable bonds is 4. The maximum atomic E-state index is 12.8. The summed E-state index contributed by atoms with van der Waals surface area (Å²) < 4.78 is 13.5. The van der Waals surface area contributed by atoms with Crippen LogP contribution in [0.1, 0.15) is 5.56 Å². The summed E-state index contributed by atoms with van der Waals surface area (Å²) in [5, 5.41) is 13.8. The fraction of sp³-hybridized carbons (Fsp3) is 0.0769. The molecule has 0 fully saturated rings. The van der Waals surface area contributed by atoms with Crippen molar-refractivity contribution < 1.29 is 9.31 Å². The average molecular weight is 325 g/mol. The Labute approximate surface area is 117 Å². The molecule has 0 aliphatic carbocycles. The van der Waals surface area contributed by atoms with Gasteiger partial charge in [-0.2, -0.15) is 0 Å². The van der Waals surface area contributed by atoms with Gasteiger partial charge in [0, 0.05) is 23.2 Å². The molecule has 0 spiro atoms. The van der Waals surface area contributed by atoms with Crippen LogP contribution < -0.4 is 5.32 Å². The molecule has 1 N–H and O–H groups in total. The maximum absolute atomic E-state index is 12.8. The van der Waals surface area contributed by atoms with E-state index in [-0.39, 0.29) is 11.5 Å². The van der Waals surface area contributed by atoms with E-state index in [0.29, 0.717) is 12.2 Å². The first kappa shape index (κ1) is 13.5. The minimum absolute atomic E-state index is 0.0183. The van der Waals surface area contributed by atoms with Gasteiger partial charge in [0.15, 0.2) is 0 Å². The molecule has 0 aromatic heterocycles. The first-order chi connectivity index (χ1) is 9.06. The maximum Gasteiger partial charge on any atom is 0.271 e. The van der Waals surface area contributed by atoms with Gasteiger partial charge in [-0.15, -0.1) is 0 Å². The number of non-ortho nitro benzene ring substituents is 1. The van der Waals surface area contributed by atoms with Crippen LogP contribution in [0.25, 0.3) is 0 Å². The summed E-state index contributed by atoms with van der Waals surface area (Å²) in [4.78, 5) is 10.2. The third-order valence-electron chi connectivity index (χ3n) is 2.56. The third-order valence-corrected chi connectivity index (χ3v) is 3.25. The second-order valence-electron chi connectivity index (χ2n) is 3.90. The van der Waals surface area contributed by atoms with Gasteiger partial charge in [0.05, 0.1) is 10.6 Å². The molecule has 6 heteroatoms. The van der Waals surface area contributed by atoms with Crippen molar-refractivity contribution in [2.24, 2.45) is 0 Å². The van der Waals surface area contributed by atoms with E-state index in [0.717, 1.165) is 10.0 Å². The van der Waals surface area contributed by atoms with Crippen LogP contribution in [0.2, 0.25) is 0 Å². The zero-order valence-electron chi connectivity index (χ0n) is 9.77. The number of nitrogens with one attached hydrogen (secondary N) is 1. The van der Waals surface area contributed by atoms with Gasteiger partial charge in [0.2, 0.25) is 0 Å². The van der Waals surface area contributed by atoms with Gasteiger partial charge in [-0.05, 0) is 39.7 Å². The van der Waals surface area contributed by atoms with E-state index in [1.54, 1.807) is 18.2 Å². The molecular weight excluding hydrogens is 315 g/mol. The summed E-state index contributed by atoms with van der Waals surface area (Å²) in [6.07, 6.45) is 0. The lowest BCUT2D eigenvalue weighted by Gasteiger charge is -2.08. The van der Waals surface area contributed by atoms with Crippen molar-refractivity contribution in [2.45, 2.75) is 6.54 Å². The normalized spacial score (nSPS) is 10.2. The fourth-order valence-electron chi connectivity index (χ4n) is 1.56. The lowest BCUT2D eigenvalue weighted by molar-refractivity contribution is -0.384. The molecule has 0 radical (unpaired) electrons. The zero-order chi connectivity index (χ0) is 13.8. The van der Waals surface area contributed by atoms with Crippen molar-refractivity contribution in [1.29, 1.82) is 0 Å². The van der Waals surface area contributed by atoms with Gasteiger partial charge in [-0.1, -0.05) is 12.1 Å².